The van der Waals surface area contributed by atoms with Crippen molar-refractivity contribution in [2.45, 2.75) is 19.1 Å². The Kier molecular flexibility index (Phi) is 5.67. The lowest BCUT2D eigenvalue weighted by atomic mass is 9.96. The van der Waals surface area contributed by atoms with Crippen LogP contribution in [0, 0.1) is 5.92 Å². The molecule has 7 heteroatoms. The molecule has 1 aromatic carbocycles. The van der Waals surface area contributed by atoms with Gasteiger partial charge in [-0.15, -0.1) is 0 Å². The third-order valence-corrected chi connectivity index (χ3v) is 2.69. The number of esters is 1. The monoisotopic (exact) mass is 280 g/mol. The summed E-state index contributed by atoms with van der Waals surface area (Å²) in [6.07, 6.45) is -0.614. The van der Waals surface area contributed by atoms with Crippen LogP contribution >= 0.6 is 0 Å². The maximum atomic E-state index is 11.7. The van der Waals surface area contributed by atoms with Crippen LogP contribution in [0.5, 0.6) is 0 Å². The highest BCUT2D eigenvalue weighted by Gasteiger charge is 2.32. The molecule has 5 N–H and O–H groups in total. The Balaban J connectivity index is 2.60. The second-order valence-electron chi connectivity index (χ2n) is 4.23. The van der Waals surface area contributed by atoms with Gasteiger partial charge < -0.3 is 21.3 Å². The van der Waals surface area contributed by atoms with Crippen molar-refractivity contribution in [2.75, 3.05) is 0 Å². The molecule has 0 heterocycles. The quantitative estimate of drug-likeness (QED) is 0.584. The Morgan fingerprint density at radius 3 is 2.30 bits per heavy atom. The number of nitrogens with two attached hydrogens (primary N) is 2. The average molecular weight is 280 g/mol. The molecule has 108 valence electrons. The normalized spacial score (nSPS) is 13.2. The zero-order valence-electron chi connectivity index (χ0n) is 10.7. The van der Waals surface area contributed by atoms with Gasteiger partial charge in [0.25, 0.3) is 0 Å². The van der Waals surface area contributed by atoms with E-state index in [1.54, 1.807) is 24.3 Å². The topological polar surface area (TPSA) is 133 Å². The van der Waals surface area contributed by atoms with Gasteiger partial charge in [0.2, 0.25) is 5.91 Å². The lowest BCUT2D eigenvalue weighted by Crippen LogP contribution is -2.46. The van der Waals surface area contributed by atoms with Crippen LogP contribution in [0.4, 0.5) is 0 Å². The van der Waals surface area contributed by atoms with Crippen LogP contribution < -0.4 is 11.5 Å². The summed E-state index contributed by atoms with van der Waals surface area (Å²) in [5.74, 6) is -4.37. The molecule has 1 rings (SSSR count). The summed E-state index contributed by atoms with van der Waals surface area (Å²) in [6.45, 7) is -0.00801. The highest BCUT2D eigenvalue weighted by molar-refractivity contribution is 5.89. The molecule has 0 aliphatic heterocycles. The van der Waals surface area contributed by atoms with Gasteiger partial charge in [0.15, 0.2) is 0 Å². The number of carboxylic acid groups (broad SMARTS) is 1. The van der Waals surface area contributed by atoms with E-state index in [4.69, 9.17) is 21.3 Å². The molecule has 2 unspecified atom stereocenters. The molecule has 0 fully saturated rings. The van der Waals surface area contributed by atoms with Crippen molar-refractivity contribution in [3.05, 3.63) is 35.9 Å². The smallest absolute Gasteiger partial charge is 0.324 e. The molecule has 7 nitrogen and oxygen atoms in total. The van der Waals surface area contributed by atoms with E-state index in [1.807, 2.05) is 6.07 Å². The number of primary amides is 1. The molecule has 0 radical (unpaired) electrons. The maximum absolute atomic E-state index is 11.7. The summed E-state index contributed by atoms with van der Waals surface area (Å²) in [7, 11) is 0. The number of carbonyl (C=O) groups is 3. The largest absolute Gasteiger partial charge is 0.481 e. The van der Waals surface area contributed by atoms with Crippen LogP contribution in [0.2, 0.25) is 0 Å². The first-order chi connectivity index (χ1) is 9.41. The molecule has 1 aromatic rings. The second-order valence-corrected chi connectivity index (χ2v) is 4.23. The number of hydrogen-bond donors (Lipinski definition) is 3. The molecule has 20 heavy (non-hydrogen) atoms. The molecule has 1 amide bonds. The zero-order chi connectivity index (χ0) is 15.1. The number of ether oxygens (including phenoxy) is 1. The Hall–Kier alpha value is -2.41. The molecular weight excluding hydrogens is 264 g/mol. The van der Waals surface area contributed by atoms with Crippen LogP contribution in [-0.2, 0) is 25.7 Å². The van der Waals surface area contributed by atoms with Crippen LogP contribution in [0.25, 0.3) is 0 Å². The first-order valence-electron chi connectivity index (χ1n) is 5.89. The molecule has 0 aliphatic carbocycles. The summed E-state index contributed by atoms with van der Waals surface area (Å²) in [5, 5.41) is 8.66. The fourth-order valence-corrected chi connectivity index (χ4v) is 1.58. The first-order valence-corrected chi connectivity index (χ1v) is 5.89. The predicted molar refractivity (Wildman–Crippen MR) is 69.2 cm³/mol. The lowest BCUT2D eigenvalue weighted by Gasteiger charge is -2.18. The summed E-state index contributed by atoms with van der Waals surface area (Å²) in [5.41, 5.74) is 11.3. The lowest BCUT2D eigenvalue weighted by molar-refractivity contribution is -0.151. The van der Waals surface area contributed by atoms with Crippen LogP contribution in [0.1, 0.15) is 12.0 Å². The fraction of sp³-hybridized carbons (Fsp3) is 0.308. The van der Waals surface area contributed by atoms with Crippen molar-refractivity contribution >= 4 is 17.8 Å². The van der Waals surface area contributed by atoms with Gasteiger partial charge in [0.1, 0.15) is 12.6 Å². The van der Waals surface area contributed by atoms with Gasteiger partial charge >= 0.3 is 11.9 Å². The minimum absolute atomic E-state index is 0.00801. The van der Waals surface area contributed by atoms with Crippen molar-refractivity contribution < 1.29 is 24.2 Å². The van der Waals surface area contributed by atoms with E-state index in [-0.39, 0.29) is 6.61 Å². The minimum atomic E-state index is -1.40. The number of aliphatic carboxylic acids is 1. The van der Waals surface area contributed by atoms with Gasteiger partial charge in [-0.3, -0.25) is 14.4 Å². The summed E-state index contributed by atoms with van der Waals surface area (Å²) >= 11 is 0. The van der Waals surface area contributed by atoms with E-state index in [1.165, 1.54) is 0 Å². The van der Waals surface area contributed by atoms with Crippen molar-refractivity contribution in [3.8, 4) is 0 Å². The maximum Gasteiger partial charge on any atom is 0.324 e. The van der Waals surface area contributed by atoms with Gasteiger partial charge in [-0.25, -0.2) is 0 Å². The van der Waals surface area contributed by atoms with Crippen molar-refractivity contribution in [1.29, 1.82) is 0 Å². The molecule has 0 saturated carbocycles. The summed E-state index contributed by atoms with van der Waals surface area (Å²) < 4.78 is 4.94. The standard InChI is InChI=1S/C13H16N2O5/c14-11(9(12(15)18)6-10(16)17)13(19)20-7-8-4-2-1-3-5-8/h1-5,9,11H,6-7,14H2,(H2,15,18)(H,16,17). The molecule has 0 saturated heterocycles. The molecule has 2 atom stereocenters. The van der Waals surface area contributed by atoms with Crippen LogP contribution in [0.3, 0.4) is 0 Å². The van der Waals surface area contributed by atoms with Gasteiger partial charge in [-0.05, 0) is 5.56 Å². The third-order valence-electron chi connectivity index (χ3n) is 2.69. The Labute approximate surface area is 115 Å². The molecule has 0 spiro atoms. The second kappa shape index (κ2) is 7.25. The Bertz CT molecular complexity index is 489. The van der Waals surface area contributed by atoms with E-state index in [0.29, 0.717) is 0 Å². The number of rotatable bonds is 7. The van der Waals surface area contributed by atoms with E-state index < -0.39 is 36.2 Å². The highest BCUT2D eigenvalue weighted by Crippen LogP contribution is 2.10. The molecule has 0 aliphatic rings. The van der Waals surface area contributed by atoms with Gasteiger partial charge in [0.05, 0.1) is 12.3 Å². The fourth-order valence-electron chi connectivity index (χ4n) is 1.58. The SMILES string of the molecule is NC(=O)C(CC(=O)O)C(N)C(=O)OCc1ccccc1. The van der Waals surface area contributed by atoms with Gasteiger partial charge in [-0.1, -0.05) is 30.3 Å². The molecule has 0 aromatic heterocycles. The third kappa shape index (κ3) is 4.69. The highest BCUT2D eigenvalue weighted by atomic mass is 16.5. The average Bonchev–Trinajstić information content (AvgIpc) is 2.42. The summed E-state index contributed by atoms with van der Waals surface area (Å²) in [4.78, 5) is 33.4. The summed E-state index contributed by atoms with van der Waals surface area (Å²) in [6, 6.07) is 7.47. The minimum Gasteiger partial charge on any atom is -0.481 e. The number of benzene rings is 1. The van der Waals surface area contributed by atoms with Gasteiger partial charge in [-0.2, -0.15) is 0 Å². The van der Waals surface area contributed by atoms with Crippen LogP contribution in [-0.4, -0.2) is 29.0 Å². The van der Waals surface area contributed by atoms with Gasteiger partial charge in [0, 0.05) is 0 Å². The van der Waals surface area contributed by atoms with Crippen molar-refractivity contribution in [1.82, 2.24) is 0 Å². The number of carbonyl (C=O) groups excluding carboxylic acids is 2. The number of amides is 1. The van der Waals surface area contributed by atoms with E-state index in [9.17, 15) is 14.4 Å². The molecule has 0 bridgehead atoms. The van der Waals surface area contributed by atoms with Crippen LogP contribution in [0.15, 0.2) is 30.3 Å². The van der Waals surface area contributed by atoms with Crippen molar-refractivity contribution in [3.63, 3.8) is 0 Å². The van der Waals surface area contributed by atoms with E-state index in [0.717, 1.165) is 5.56 Å². The number of carboxylic acids is 1. The predicted octanol–water partition coefficient (Wildman–Crippen LogP) is -0.367. The number of hydrogen-bond acceptors (Lipinski definition) is 5. The zero-order valence-corrected chi connectivity index (χ0v) is 10.7. The van der Waals surface area contributed by atoms with E-state index >= 15 is 0 Å². The first kappa shape index (κ1) is 15.6. The Morgan fingerprint density at radius 1 is 1.20 bits per heavy atom. The molecular formula is C13H16N2O5. The van der Waals surface area contributed by atoms with E-state index in [2.05, 4.69) is 0 Å². The van der Waals surface area contributed by atoms with Crippen molar-refractivity contribution in [2.24, 2.45) is 17.4 Å². The Morgan fingerprint density at radius 2 is 1.80 bits per heavy atom.